The van der Waals surface area contributed by atoms with E-state index in [9.17, 15) is 13.2 Å². The van der Waals surface area contributed by atoms with E-state index in [0.717, 1.165) is 18.4 Å². The maximum atomic E-state index is 14.5. The van der Waals surface area contributed by atoms with Gasteiger partial charge in [0, 0.05) is 0 Å². The van der Waals surface area contributed by atoms with E-state index >= 15 is 0 Å². The molecule has 5 heteroatoms. The van der Waals surface area contributed by atoms with Crippen molar-refractivity contribution in [2.24, 2.45) is 0 Å². The molecule has 0 aliphatic rings. The van der Waals surface area contributed by atoms with Crippen LogP contribution in [0.4, 0.5) is 13.2 Å². The molecule has 0 atom stereocenters. The summed E-state index contributed by atoms with van der Waals surface area (Å²) in [6.45, 7) is 4.35. The fraction of sp³-hybridized carbons (Fsp3) is 0.273. The lowest BCUT2D eigenvalue weighted by molar-refractivity contribution is -0.186. The molecule has 0 fully saturated rings. The lowest BCUT2D eigenvalue weighted by Gasteiger charge is -2.19. The third-order valence-electron chi connectivity index (χ3n) is 4.24. The highest BCUT2D eigenvalue weighted by molar-refractivity contribution is 5.85. The van der Waals surface area contributed by atoms with Crippen molar-refractivity contribution in [1.82, 2.24) is 0 Å². The largest absolute Gasteiger partial charge is 0.494 e. The van der Waals surface area contributed by atoms with Gasteiger partial charge in [-0.05, 0) is 66.1 Å². The molecular formula is C22H21F3O2. The standard InChI is InChI=1S/C22H21F3O2/c1-3-5-15-6-9-18(10-7-15)22(24,25)27-21-14-16-8-11-19(26-4-2)12-17(16)13-20(21)23/h6-14H,3-5H2,1-2H3. The highest BCUT2D eigenvalue weighted by atomic mass is 19.3. The molecule has 0 aromatic heterocycles. The van der Waals surface area contributed by atoms with Crippen molar-refractivity contribution >= 4 is 10.8 Å². The molecule has 0 heterocycles. The summed E-state index contributed by atoms with van der Waals surface area (Å²) in [7, 11) is 0. The van der Waals surface area contributed by atoms with Crippen LogP contribution in [0.25, 0.3) is 10.8 Å². The molecule has 3 aromatic carbocycles. The van der Waals surface area contributed by atoms with E-state index in [1.807, 2.05) is 13.8 Å². The number of alkyl halides is 2. The molecule has 0 aliphatic heterocycles. The Morgan fingerprint density at radius 1 is 0.889 bits per heavy atom. The lowest BCUT2D eigenvalue weighted by Crippen LogP contribution is -2.22. The van der Waals surface area contributed by atoms with Gasteiger partial charge in [0.1, 0.15) is 5.75 Å². The zero-order chi connectivity index (χ0) is 19.4. The SMILES string of the molecule is CCCc1ccc(C(F)(F)Oc2cc3ccc(OCC)cc3cc2F)cc1. The number of halogens is 3. The number of hydrogen-bond donors (Lipinski definition) is 0. The molecule has 0 N–H and O–H groups in total. The number of rotatable bonds is 7. The van der Waals surface area contributed by atoms with Crippen molar-refractivity contribution in [3.63, 3.8) is 0 Å². The molecule has 0 aliphatic carbocycles. The van der Waals surface area contributed by atoms with Crippen LogP contribution in [0.5, 0.6) is 11.5 Å². The molecule has 0 spiro atoms. The zero-order valence-electron chi connectivity index (χ0n) is 15.3. The Kier molecular flexibility index (Phi) is 5.59. The van der Waals surface area contributed by atoms with Crippen molar-refractivity contribution in [2.45, 2.75) is 32.8 Å². The number of fused-ring (bicyclic) bond motifs is 1. The van der Waals surface area contributed by atoms with E-state index in [4.69, 9.17) is 9.47 Å². The maximum absolute atomic E-state index is 14.5. The van der Waals surface area contributed by atoms with E-state index in [0.29, 0.717) is 23.1 Å². The summed E-state index contributed by atoms with van der Waals surface area (Å²) in [6, 6.07) is 13.4. The molecular weight excluding hydrogens is 353 g/mol. The van der Waals surface area contributed by atoms with Crippen molar-refractivity contribution in [1.29, 1.82) is 0 Å². The van der Waals surface area contributed by atoms with E-state index in [1.54, 1.807) is 30.3 Å². The smallest absolute Gasteiger partial charge is 0.426 e. The zero-order valence-corrected chi connectivity index (χ0v) is 15.3. The molecule has 0 radical (unpaired) electrons. The van der Waals surface area contributed by atoms with Crippen LogP contribution >= 0.6 is 0 Å². The van der Waals surface area contributed by atoms with Gasteiger partial charge in [-0.3, -0.25) is 0 Å². The quantitative estimate of drug-likeness (QED) is 0.473. The Morgan fingerprint density at radius 2 is 1.63 bits per heavy atom. The third kappa shape index (κ3) is 4.35. The number of aryl methyl sites for hydroxylation is 1. The van der Waals surface area contributed by atoms with Crippen LogP contribution in [-0.4, -0.2) is 6.61 Å². The van der Waals surface area contributed by atoms with Crippen LogP contribution in [0.1, 0.15) is 31.4 Å². The van der Waals surface area contributed by atoms with Gasteiger partial charge < -0.3 is 9.47 Å². The Bertz CT molecular complexity index is 921. The van der Waals surface area contributed by atoms with E-state index in [-0.39, 0.29) is 5.56 Å². The molecule has 0 amide bonds. The molecule has 27 heavy (non-hydrogen) atoms. The van der Waals surface area contributed by atoms with Crippen LogP contribution in [-0.2, 0) is 12.5 Å². The average molecular weight is 374 g/mol. The molecule has 0 saturated carbocycles. The van der Waals surface area contributed by atoms with Gasteiger partial charge in [0.05, 0.1) is 12.2 Å². The first-order chi connectivity index (χ1) is 12.9. The normalized spacial score (nSPS) is 11.6. The second kappa shape index (κ2) is 7.91. The molecule has 0 unspecified atom stereocenters. The molecule has 3 rings (SSSR count). The molecule has 142 valence electrons. The first-order valence-electron chi connectivity index (χ1n) is 8.95. The molecule has 2 nitrogen and oxygen atoms in total. The lowest BCUT2D eigenvalue weighted by atomic mass is 10.1. The summed E-state index contributed by atoms with van der Waals surface area (Å²) in [5.41, 5.74) is 0.660. The topological polar surface area (TPSA) is 18.5 Å². The van der Waals surface area contributed by atoms with Gasteiger partial charge in [0.2, 0.25) is 0 Å². The highest BCUT2D eigenvalue weighted by Crippen LogP contribution is 2.35. The van der Waals surface area contributed by atoms with Gasteiger partial charge >= 0.3 is 6.11 Å². The summed E-state index contributed by atoms with van der Waals surface area (Å²) >= 11 is 0. The molecule has 0 bridgehead atoms. The summed E-state index contributed by atoms with van der Waals surface area (Å²) in [5, 5.41) is 1.14. The Hall–Kier alpha value is -2.69. The highest BCUT2D eigenvalue weighted by Gasteiger charge is 2.35. The molecule has 3 aromatic rings. The minimum atomic E-state index is -3.63. The molecule has 0 saturated heterocycles. The number of ether oxygens (including phenoxy) is 2. The third-order valence-corrected chi connectivity index (χ3v) is 4.24. The van der Waals surface area contributed by atoms with Crippen LogP contribution < -0.4 is 9.47 Å². The van der Waals surface area contributed by atoms with Crippen LogP contribution in [0, 0.1) is 5.82 Å². The second-order valence-corrected chi connectivity index (χ2v) is 6.29. The predicted octanol–water partition coefficient (Wildman–Crippen LogP) is 6.46. The average Bonchev–Trinajstić information content (AvgIpc) is 2.63. The summed E-state index contributed by atoms with van der Waals surface area (Å²) in [5.74, 6) is -0.747. The van der Waals surface area contributed by atoms with Gasteiger partial charge in [-0.1, -0.05) is 31.5 Å². The summed E-state index contributed by atoms with van der Waals surface area (Å²) in [6.07, 6.45) is -1.89. The minimum absolute atomic E-state index is 0.312. The first kappa shape index (κ1) is 19.1. The number of hydrogen-bond acceptors (Lipinski definition) is 2. The summed E-state index contributed by atoms with van der Waals surface area (Å²) < 4.78 is 53.5. The Balaban J connectivity index is 1.87. The van der Waals surface area contributed by atoms with E-state index < -0.39 is 17.7 Å². The maximum Gasteiger partial charge on any atom is 0.426 e. The number of benzene rings is 3. The van der Waals surface area contributed by atoms with Crippen LogP contribution in [0.2, 0.25) is 0 Å². The predicted molar refractivity (Wildman–Crippen MR) is 100 cm³/mol. The van der Waals surface area contributed by atoms with Gasteiger partial charge in [0.25, 0.3) is 0 Å². The van der Waals surface area contributed by atoms with Crippen LogP contribution in [0.15, 0.2) is 54.6 Å². The van der Waals surface area contributed by atoms with E-state index in [2.05, 4.69) is 0 Å². The van der Waals surface area contributed by atoms with Gasteiger partial charge in [-0.25, -0.2) is 4.39 Å². The van der Waals surface area contributed by atoms with Crippen molar-refractivity contribution in [3.05, 3.63) is 71.5 Å². The second-order valence-electron chi connectivity index (χ2n) is 6.29. The Morgan fingerprint density at radius 3 is 2.30 bits per heavy atom. The van der Waals surface area contributed by atoms with Crippen molar-refractivity contribution < 1.29 is 22.6 Å². The van der Waals surface area contributed by atoms with Crippen molar-refractivity contribution in [3.8, 4) is 11.5 Å². The van der Waals surface area contributed by atoms with Crippen molar-refractivity contribution in [2.75, 3.05) is 6.61 Å². The van der Waals surface area contributed by atoms with Gasteiger partial charge in [0.15, 0.2) is 11.6 Å². The Labute approximate surface area is 156 Å². The van der Waals surface area contributed by atoms with Gasteiger partial charge in [-0.15, -0.1) is 0 Å². The summed E-state index contributed by atoms with van der Waals surface area (Å²) in [4.78, 5) is 0. The fourth-order valence-electron chi connectivity index (χ4n) is 2.91. The van der Waals surface area contributed by atoms with E-state index in [1.165, 1.54) is 24.3 Å². The van der Waals surface area contributed by atoms with Crippen LogP contribution in [0.3, 0.4) is 0 Å². The fourth-order valence-corrected chi connectivity index (χ4v) is 2.91. The minimum Gasteiger partial charge on any atom is -0.494 e. The van der Waals surface area contributed by atoms with Gasteiger partial charge in [-0.2, -0.15) is 8.78 Å². The monoisotopic (exact) mass is 374 g/mol. The first-order valence-corrected chi connectivity index (χ1v) is 8.95.